The van der Waals surface area contributed by atoms with Gasteiger partial charge >= 0.3 is 0 Å². The Morgan fingerprint density at radius 1 is 0.404 bits per heavy atom. The molecule has 0 aliphatic rings. The van der Waals surface area contributed by atoms with E-state index in [1.807, 2.05) is 42.5 Å². The summed E-state index contributed by atoms with van der Waals surface area (Å²) in [7, 11) is 0. The number of benzene rings is 6. The first-order valence-electron chi connectivity index (χ1n) is 15.3. The van der Waals surface area contributed by atoms with E-state index in [-0.39, 0.29) is 0 Å². The molecule has 10 aromatic rings. The van der Waals surface area contributed by atoms with Gasteiger partial charge in [0.25, 0.3) is 0 Å². The zero-order valence-electron chi connectivity index (χ0n) is 24.7. The molecule has 220 valence electrons. The third-order valence-corrected chi connectivity index (χ3v) is 10.9. The van der Waals surface area contributed by atoms with E-state index in [1.54, 1.807) is 22.7 Å². The molecule has 7 heteroatoms. The maximum atomic E-state index is 6.30. The molecule has 0 atom stereocenters. The van der Waals surface area contributed by atoms with Crippen LogP contribution in [0.15, 0.2) is 138 Å². The molecule has 0 saturated carbocycles. The highest BCUT2D eigenvalue weighted by molar-refractivity contribution is 7.26. The summed E-state index contributed by atoms with van der Waals surface area (Å²) in [4.78, 5) is 20.4. The quantitative estimate of drug-likeness (QED) is 0.192. The van der Waals surface area contributed by atoms with Gasteiger partial charge in [-0.2, -0.15) is 0 Å². The minimum atomic E-state index is 0.601. The normalized spacial score (nSPS) is 11.8. The SMILES string of the molecule is c1ccc(-c2nc(-c3cccc4sc5ccccc5c34)nc(-c3cccc4sc5cccc(-c6nc7ccccc7o6)c5c34)n2)cc1. The first-order chi connectivity index (χ1) is 23.3. The highest BCUT2D eigenvalue weighted by Crippen LogP contribution is 2.45. The maximum absolute atomic E-state index is 6.30. The maximum Gasteiger partial charge on any atom is 0.227 e. The zero-order valence-corrected chi connectivity index (χ0v) is 26.3. The van der Waals surface area contributed by atoms with Crippen molar-refractivity contribution in [3.8, 4) is 45.6 Å². The number of thiophene rings is 2. The Hall–Kier alpha value is -5.76. The molecule has 10 rings (SSSR count). The topological polar surface area (TPSA) is 64.7 Å². The van der Waals surface area contributed by atoms with E-state index in [4.69, 9.17) is 24.4 Å². The molecule has 0 N–H and O–H groups in total. The van der Waals surface area contributed by atoms with Crippen molar-refractivity contribution in [1.82, 2.24) is 19.9 Å². The molecule has 0 aliphatic heterocycles. The summed E-state index contributed by atoms with van der Waals surface area (Å²) in [5, 5.41) is 4.55. The molecule has 4 heterocycles. The second kappa shape index (κ2) is 10.4. The van der Waals surface area contributed by atoms with Crippen molar-refractivity contribution in [1.29, 1.82) is 0 Å². The number of aromatic nitrogens is 4. The van der Waals surface area contributed by atoms with Crippen LogP contribution in [0.5, 0.6) is 0 Å². The van der Waals surface area contributed by atoms with Crippen molar-refractivity contribution in [2.45, 2.75) is 0 Å². The summed E-state index contributed by atoms with van der Waals surface area (Å²) in [6.45, 7) is 0. The van der Waals surface area contributed by atoms with Crippen LogP contribution in [-0.4, -0.2) is 19.9 Å². The molecule has 4 aromatic heterocycles. The van der Waals surface area contributed by atoms with E-state index in [0.717, 1.165) is 53.5 Å². The van der Waals surface area contributed by atoms with Crippen molar-refractivity contribution in [2.75, 3.05) is 0 Å². The van der Waals surface area contributed by atoms with Gasteiger partial charge in [-0.05, 0) is 42.5 Å². The van der Waals surface area contributed by atoms with Crippen LogP contribution in [0.3, 0.4) is 0 Å². The largest absolute Gasteiger partial charge is 0.436 e. The van der Waals surface area contributed by atoms with Crippen molar-refractivity contribution in [3.63, 3.8) is 0 Å². The highest BCUT2D eigenvalue weighted by Gasteiger charge is 2.21. The predicted octanol–water partition coefficient (Wildman–Crippen LogP) is 11.4. The fraction of sp³-hybridized carbons (Fsp3) is 0. The highest BCUT2D eigenvalue weighted by atomic mass is 32.1. The van der Waals surface area contributed by atoms with Crippen LogP contribution >= 0.6 is 22.7 Å². The fourth-order valence-electron chi connectivity index (χ4n) is 6.51. The van der Waals surface area contributed by atoms with Crippen LogP contribution in [0.2, 0.25) is 0 Å². The van der Waals surface area contributed by atoms with E-state index in [1.165, 1.54) is 20.2 Å². The van der Waals surface area contributed by atoms with Gasteiger partial charge in [0.15, 0.2) is 23.1 Å². The number of para-hydroxylation sites is 2. The predicted molar refractivity (Wildman–Crippen MR) is 195 cm³/mol. The van der Waals surface area contributed by atoms with Gasteiger partial charge in [0.2, 0.25) is 5.89 Å². The summed E-state index contributed by atoms with van der Waals surface area (Å²) in [5.74, 6) is 2.52. The van der Waals surface area contributed by atoms with Gasteiger partial charge in [-0.1, -0.05) is 91.0 Å². The molecule has 47 heavy (non-hydrogen) atoms. The first kappa shape index (κ1) is 26.5. The Kier molecular flexibility index (Phi) is 5.85. The number of oxazole rings is 1. The number of fused-ring (bicyclic) bond motifs is 7. The van der Waals surface area contributed by atoms with E-state index in [9.17, 15) is 0 Å². The van der Waals surface area contributed by atoms with Gasteiger partial charge in [-0.25, -0.2) is 19.9 Å². The minimum Gasteiger partial charge on any atom is -0.436 e. The Bertz CT molecular complexity index is 2780. The van der Waals surface area contributed by atoms with Gasteiger partial charge in [0.1, 0.15) is 5.52 Å². The van der Waals surface area contributed by atoms with Crippen LogP contribution in [-0.2, 0) is 0 Å². The standard InChI is InChI=1S/C40H22N4OS2/c1-2-11-23(12-3-1)37-42-38(25-14-8-20-31-34(25)24-13-4-7-19-30(24)46-31)44-39(43-37)26-15-9-21-32-35(26)36-27(16-10-22-33(36)47-32)40-41-28-17-5-6-18-29(28)45-40/h1-22H. The average Bonchev–Trinajstić information content (AvgIpc) is 3.85. The Balaban J connectivity index is 1.27. The Morgan fingerprint density at radius 2 is 0.957 bits per heavy atom. The summed E-state index contributed by atoms with van der Waals surface area (Å²) >= 11 is 3.54. The number of rotatable bonds is 4. The minimum absolute atomic E-state index is 0.601. The molecule has 0 radical (unpaired) electrons. The molecule has 6 aromatic carbocycles. The second-order valence-corrected chi connectivity index (χ2v) is 13.6. The van der Waals surface area contributed by atoms with Crippen LogP contribution in [0.4, 0.5) is 0 Å². The summed E-state index contributed by atoms with van der Waals surface area (Å²) < 4.78 is 11.1. The lowest BCUT2D eigenvalue weighted by Crippen LogP contribution is -2.00. The third kappa shape index (κ3) is 4.21. The second-order valence-electron chi connectivity index (χ2n) is 11.4. The smallest absolute Gasteiger partial charge is 0.227 e. The van der Waals surface area contributed by atoms with E-state index >= 15 is 0 Å². The number of nitrogens with zero attached hydrogens (tertiary/aromatic N) is 4. The molecule has 0 aliphatic carbocycles. The molecule has 0 unspecified atom stereocenters. The molecular weight excluding hydrogens is 617 g/mol. The Labute approximate surface area is 276 Å². The van der Waals surface area contributed by atoms with Gasteiger partial charge in [0.05, 0.1) is 0 Å². The van der Waals surface area contributed by atoms with Crippen LogP contribution in [0, 0.1) is 0 Å². The molecule has 0 fully saturated rings. The van der Waals surface area contributed by atoms with E-state index < -0.39 is 0 Å². The lowest BCUT2D eigenvalue weighted by molar-refractivity contribution is 0.620. The lowest BCUT2D eigenvalue weighted by atomic mass is 10.0. The van der Waals surface area contributed by atoms with Gasteiger partial charge in [-0.15, -0.1) is 22.7 Å². The molecule has 0 saturated heterocycles. The Morgan fingerprint density at radius 3 is 1.72 bits per heavy atom. The van der Waals surface area contributed by atoms with Gasteiger partial charge in [0, 0.05) is 62.6 Å². The molecule has 0 amide bonds. The van der Waals surface area contributed by atoms with Crippen LogP contribution < -0.4 is 0 Å². The van der Waals surface area contributed by atoms with Crippen LogP contribution in [0.25, 0.3) is 97.1 Å². The lowest BCUT2D eigenvalue weighted by Gasteiger charge is -2.11. The molecular formula is C40H22N4OS2. The van der Waals surface area contributed by atoms with E-state index in [2.05, 4.69) is 91.0 Å². The van der Waals surface area contributed by atoms with Crippen molar-refractivity contribution in [2.24, 2.45) is 0 Å². The van der Waals surface area contributed by atoms with Crippen LogP contribution in [0.1, 0.15) is 0 Å². The molecule has 0 bridgehead atoms. The summed E-state index contributed by atoms with van der Waals surface area (Å²) in [6, 6.07) is 45.7. The fourth-order valence-corrected chi connectivity index (χ4v) is 8.80. The van der Waals surface area contributed by atoms with E-state index in [0.29, 0.717) is 23.4 Å². The number of hydrogen-bond donors (Lipinski definition) is 0. The molecule has 5 nitrogen and oxygen atoms in total. The first-order valence-corrected chi connectivity index (χ1v) is 16.9. The van der Waals surface area contributed by atoms with Crippen molar-refractivity contribution in [3.05, 3.63) is 133 Å². The third-order valence-electron chi connectivity index (χ3n) is 8.60. The number of hydrogen-bond acceptors (Lipinski definition) is 7. The van der Waals surface area contributed by atoms with Crippen molar-refractivity contribution >= 4 is 74.1 Å². The monoisotopic (exact) mass is 638 g/mol. The zero-order chi connectivity index (χ0) is 30.9. The summed E-state index contributed by atoms with van der Waals surface area (Å²) in [6.07, 6.45) is 0. The summed E-state index contributed by atoms with van der Waals surface area (Å²) in [5.41, 5.74) is 5.43. The van der Waals surface area contributed by atoms with Crippen molar-refractivity contribution < 1.29 is 4.42 Å². The average molecular weight is 639 g/mol. The van der Waals surface area contributed by atoms with Gasteiger partial charge in [-0.3, -0.25) is 0 Å². The molecule has 0 spiro atoms. The van der Waals surface area contributed by atoms with Gasteiger partial charge < -0.3 is 4.42 Å².